The number of aliphatic hydroxyl groups is 1. The van der Waals surface area contributed by atoms with Crippen molar-refractivity contribution in [3.05, 3.63) is 59.2 Å². The van der Waals surface area contributed by atoms with Crippen molar-refractivity contribution in [1.29, 1.82) is 10.8 Å². The third-order valence-corrected chi connectivity index (χ3v) is 7.96. The summed E-state index contributed by atoms with van der Waals surface area (Å²) in [6, 6.07) is 5.55. The van der Waals surface area contributed by atoms with Crippen molar-refractivity contribution in [3.63, 3.8) is 0 Å². The van der Waals surface area contributed by atoms with Gasteiger partial charge in [-0.1, -0.05) is 12.1 Å². The summed E-state index contributed by atoms with van der Waals surface area (Å²) in [6.07, 6.45) is 5.75. The van der Waals surface area contributed by atoms with E-state index in [0.29, 0.717) is 5.56 Å². The summed E-state index contributed by atoms with van der Waals surface area (Å²) >= 11 is 0. The van der Waals surface area contributed by atoms with E-state index in [-0.39, 0.29) is 36.7 Å². The maximum Gasteiger partial charge on any atom is 0.289 e. The zero-order valence-corrected chi connectivity index (χ0v) is 20.6. The van der Waals surface area contributed by atoms with Gasteiger partial charge in [0.1, 0.15) is 6.10 Å². The molecule has 3 fully saturated rings. The van der Waals surface area contributed by atoms with Crippen LogP contribution in [0.15, 0.2) is 36.7 Å². The minimum absolute atomic E-state index is 0.0117. The monoisotopic (exact) mass is 518 g/mol. The number of guanidine groups is 2. The van der Waals surface area contributed by atoms with Crippen LogP contribution in [-0.4, -0.2) is 86.7 Å². The van der Waals surface area contributed by atoms with E-state index in [0.717, 1.165) is 31.2 Å². The van der Waals surface area contributed by atoms with E-state index < -0.39 is 35.8 Å². The van der Waals surface area contributed by atoms with Gasteiger partial charge in [0.25, 0.3) is 11.8 Å². The molecule has 1 spiro atoms. The number of hydrogen-bond donors (Lipinski definition) is 8. The lowest BCUT2D eigenvalue weighted by atomic mass is 9.86. The number of aryl methyl sites for hydroxylation is 1. The number of carbonyl (C=O) groups is 2. The highest BCUT2D eigenvalue weighted by Gasteiger charge is 2.66. The van der Waals surface area contributed by atoms with Crippen LogP contribution in [0.3, 0.4) is 0 Å². The summed E-state index contributed by atoms with van der Waals surface area (Å²) in [7, 11) is 0. The van der Waals surface area contributed by atoms with Gasteiger partial charge < -0.3 is 36.6 Å². The predicted molar refractivity (Wildman–Crippen MR) is 137 cm³/mol. The number of nitrogens with zero attached hydrogens (tertiary/aromatic N) is 3. The Morgan fingerprint density at radius 1 is 1.11 bits per heavy atom. The van der Waals surface area contributed by atoms with Crippen LogP contribution >= 0.6 is 0 Å². The molecule has 0 saturated carbocycles. The molecule has 13 nitrogen and oxygen atoms in total. The normalized spacial score (nSPS) is 29.2. The lowest BCUT2D eigenvalue weighted by Gasteiger charge is -2.49. The van der Waals surface area contributed by atoms with E-state index in [1.54, 1.807) is 11.0 Å². The Labute approximate surface area is 218 Å². The molecule has 1 unspecified atom stereocenters. The van der Waals surface area contributed by atoms with Crippen LogP contribution in [0.1, 0.15) is 44.9 Å². The van der Waals surface area contributed by atoms with Crippen molar-refractivity contribution >= 4 is 23.7 Å². The van der Waals surface area contributed by atoms with E-state index >= 15 is 0 Å². The molecule has 3 aliphatic heterocycles. The molecule has 2 aromatic rings. The largest absolute Gasteiger partial charge is 0.386 e. The second kappa shape index (κ2) is 9.24. The smallest absolute Gasteiger partial charge is 0.289 e. The third-order valence-electron chi connectivity index (χ3n) is 7.96. The van der Waals surface area contributed by atoms with Gasteiger partial charge in [-0.2, -0.15) is 0 Å². The van der Waals surface area contributed by atoms with Gasteiger partial charge in [-0.25, -0.2) is 9.97 Å². The van der Waals surface area contributed by atoms with Gasteiger partial charge in [0, 0.05) is 31.0 Å². The number of amides is 2. The minimum Gasteiger partial charge on any atom is -0.386 e. The lowest BCUT2D eigenvalue weighted by Crippen LogP contribution is -2.78. The number of carbonyl (C=O) groups excluding carboxylic acids is 2. The third kappa shape index (κ3) is 3.81. The van der Waals surface area contributed by atoms with Crippen molar-refractivity contribution in [1.82, 2.24) is 41.5 Å². The second-order valence-electron chi connectivity index (χ2n) is 10.1. The van der Waals surface area contributed by atoms with Gasteiger partial charge >= 0.3 is 0 Å². The van der Waals surface area contributed by atoms with Gasteiger partial charge in [-0.3, -0.25) is 20.4 Å². The Morgan fingerprint density at radius 2 is 1.89 bits per heavy atom. The summed E-state index contributed by atoms with van der Waals surface area (Å²) in [5.74, 6) is -0.699. The molecule has 1 aliphatic carbocycles. The summed E-state index contributed by atoms with van der Waals surface area (Å²) in [5, 5.41) is 43.5. The van der Waals surface area contributed by atoms with Crippen molar-refractivity contribution in [2.45, 2.75) is 55.6 Å². The van der Waals surface area contributed by atoms with E-state index in [9.17, 15) is 14.7 Å². The van der Waals surface area contributed by atoms with Crippen molar-refractivity contribution in [3.8, 4) is 0 Å². The Hall–Kier alpha value is -4.26. The Balaban J connectivity index is 1.22. The van der Waals surface area contributed by atoms with Crippen molar-refractivity contribution in [2.75, 3.05) is 13.1 Å². The summed E-state index contributed by atoms with van der Waals surface area (Å²) in [4.78, 5) is 35.5. The summed E-state index contributed by atoms with van der Waals surface area (Å²) < 4.78 is 0. The fourth-order valence-electron chi connectivity index (χ4n) is 6.24. The molecule has 1 aromatic heterocycles. The zero-order chi connectivity index (χ0) is 26.4. The molecular weight excluding hydrogens is 488 g/mol. The highest BCUT2D eigenvalue weighted by molar-refractivity contribution is 5.96. The molecule has 0 bridgehead atoms. The van der Waals surface area contributed by atoms with Gasteiger partial charge in [-0.15, -0.1) is 0 Å². The standard InChI is InChI=1S/C25H30N10O3/c26-23-33-18-16(11-30-22(38)20-28-9-4-10-29-20)32-24(27)35-12-17(19(36)25(18,35)34-23)31-21(37)15-8-3-6-13-5-1-2-7-14(13)15/h3-4,6,8-10,16-19,36H,1-2,5,7,11-12H2,(H2,27,32)(H,30,38)(H,31,37)(H3,26,33,34)/t16-,17?,18-,19+,25-/m0/s1. The van der Waals surface area contributed by atoms with Gasteiger partial charge in [0.05, 0.1) is 18.1 Å². The average molecular weight is 519 g/mol. The van der Waals surface area contributed by atoms with Gasteiger partial charge in [0.15, 0.2) is 17.6 Å². The lowest BCUT2D eigenvalue weighted by molar-refractivity contribution is 0.00611. The quantitative estimate of drug-likeness (QED) is 0.237. The maximum absolute atomic E-state index is 13.4. The number of aliphatic hydroxyl groups excluding tert-OH is 1. The Bertz CT molecular complexity index is 1300. The molecular formula is C25H30N10O3. The molecule has 3 saturated heterocycles. The van der Waals surface area contributed by atoms with Gasteiger partial charge in [-0.05, 0) is 48.9 Å². The first-order valence-electron chi connectivity index (χ1n) is 12.8. The molecule has 2 amide bonds. The fourth-order valence-corrected chi connectivity index (χ4v) is 6.24. The average Bonchev–Trinajstić information content (AvgIpc) is 3.43. The highest BCUT2D eigenvalue weighted by atomic mass is 16.3. The molecule has 0 radical (unpaired) electrons. The highest BCUT2D eigenvalue weighted by Crippen LogP contribution is 2.37. The predicted octanol–water partition coefficient (Wildman–Crippen LogP) is -1.34. The second-order valence-corrected chi connectivity index (χ2v) is 10.1. The molecule has 4 aliphatic rings. The Kier molecular flexibility index (Phi) is 5.86. The van der Waals surface area contributed by atoms with Crippen LogP contribution in [0.4, 0.5) is 0 Å². The first-order chi connectivity index (χ1) is 18.4. The van der Waals surface area contributed by atoms with Crippen LogP contribution in [0.5, 0.6) is 0 Å². The molecule has 6 rings (SSSR count). The first kappa shape index (κ1) is 24.1. The minimum atomic E-state index is -1.26. The van der Waals surface area contributed by atoms with Crippen LogP contribution in [0.2, 0.25) is 0 Å². The number of rotatable bonds is 5. The molecule has 5 atom stereocenters. The van der Waals surface area contributed by atoms with Gasteiger partial charge in [0.2, 0.25) is 5.82 Å². The number of fused-ring (bicyclic) bond motifs is 1. The topological polar surface area (TPSA) is 191 Å². The fraction of sp³-hybridized carbons (Fsp3) is 0.440. The summed E-state index contributed by atoms with van der Waals surface area (Å²) in [5.41, 5.74) is 1.62. The van der Waals surface area contributed by atoms with Crippen LogP contribution in [0.25, 0.3) is 0 Å². The molecule has 8 N–H and O–H groups in total. The van der Waals surface area contributed by atoms with Crippen molar-refractivity contribution < 1.29 is 14.7 Å². The number of hydrogen-bond acceptors (Lipinski definition) is 7. The number of benzene rings is 1. The Morgan fingerprint density at radius 3 is 2.71 bits per heavy atom. The number of nitrogens with one attached hydrogen (secondary N) is 7. The number of aromatic nitrogens is 2. The van der Waals surface area contributed by atoms with E-state index in [2.05, 4.69) is 42.6 Å². The van der Waals surface area contributed by atoms with E-state index in [1.807, 2.05) is 12.1 Å². The van der Waals surface area contributed by atoms with E-state index in [1.165, 1.54) is 18.0 Å². The zero-order valence-electron chi connectivity index (χ0n) is 20.6. The SMILES string of the molecule is N=C1N[C@H]2[C@H](CNC(=O)c3ncccn3)NC(=N)N3CC(NC(=O)c4cccc5c4CCCC5)[C@@H](O)[C@]23N1. The molecule has 38 heavy (non-hydrogen) atoms. The molecule has 198 valence electrons. The van der Waals surface area contributed by atoms with Crippen LogP contribution < -0.4 is 26.6 Å². The molecule has 1 aromatic carbocycles. The van der Waals surface area contributed by atoms with Crippen LogP contribution in [-0.2, 0) is 12.8 Å². The van der Waals surface area contributed by atoms with E-state index in [4.69, 9.17) is 10.8 Å². The molecule has 13 heteroatoms. The maximum atomic E-state index is 13.4. The van der Waals surface area contributed by atoms with Crippen LogP contribution in [0, 0.1) is 10.8 Å². The van der Waals surface area contributed by atoms with Crippen molar-refractivity contribution in [2.24, 2.45) is 0 Å². The molecule has 4 heterocycles. The summed E-state index contributed by atoms with van der Waals surface area (Å²) in [6.45, 7) is 0.255. The first-order valence-corrected chi connectivity index (χ1v) is 12.8.